The van der Waals surface area contributed by atoms with Crippen LogP contribution in [0.3, 0.4) is 0 Å². The van der Waals surface area contributed by atoms with Gasteiger partial charge in [0.05, 0.1) is 51.3 Å². The average Bonchev–Trinajstić information content (AvgIpc) is 3.29. The smallest absolute Gasteiger partial charge is 0.246 e. The zero-order chi connectivity index (χ0) is 33.4. The second-order valence-corrected chi connectivity index (χ2v) is 17.6. The molecule has 0 aromatic rings. The van der Waals surface area contributed by atoms with Crippen molar-refractivity contribution in [3.05, 3.63) is 0 Å². The second-order valence-electron chi connectivity index (χ2n) is 14.2. The molecule has 4 heterocycles. The summed E-state index contributed by atoms with van der Waals surface area (Å²) in [6, 6.07) is -2.75. The van der Waals surface area contributed by atoms with Crippen LogP contribution < -0.4 is 21.3 Å². The molecule has 0 aliphatic carbocycles. The normalized spacial score (nSPS) is 27.2. The minimum absolute atomic E-state index is 0. The number of carbonyl (C=O) groups excluding carboxylic acids is 4. The molecule has 0 spiro atoms. The molecule has 320 valence electrons. The first kappa shape index (κ1) is 63.6. The van der Waals surface area contributed by atoms with Crippen molar-refractivity contribution in [3.63, 3.8) is 0 Å². The summed E-state index contributed by atoms with van der Waals surface area (Å²) < 4.78 is 0. The van der Waals surface area contributed by atoms with Crippen molar-refractivity contribution in [1.82, 2.24) is 31.1 Å². The van der Waals surface area contributed by atoms with E-state index in [-0.39, 0.29) is 163 Å². The number of nitrogens with zero attached hydrogens (tertiary/aromatic N) is 2. The topological polar surface area (TPSA) is 123 Å². The van der Waals surface area contributed by atoms with Crippen LogP contribution in [0, 0.1) is 10.8 Å². The highest BCUT2D eigenvalue weighted by Gasteiger charge is 2.57. The van der Waals surface area contributed by atoms with Gasteiger partial charge in [-0.2, -0.15) is 108 Å². The van der Waals surface area contributed by atoms with Crippen LogP contribution in [0.15, 0.2) is 0 Å². The molecule has 0 radical (unpaired) electrons. The average molecular weight is 976 g/mol. The third-order valence-corrected chi connectivity index (χ3v) is 13.3. The van der Waals surface area contributed by atoms with Gasteiger partial charge >= 0.3 is 0 Å². The van der Waals surface area contributed by atoms with Crippen molar-refractivity contribution < 1.29 is 22.0 Å². The van der Waals surface area contributed by atoms with Crippen molar-refractivity contribution in [2.75, 3.05) is 25.6 Å². The maximum atomic E-state index is 14.2. The number of nitrogens with one attached hydrogen (secondary N) is 4. The molecule has 0 aromatic heterocycles. The van der Waals surface area contributed by atoms with Crippen molar-refractivity contribution in [1.29, 1.82) is 0 Å². The lowest BCUT2D eigenvalue weighted by molar-refractivity contribution is -0.145. The van der Waals surface area contributed by atoms with Gasteiger partial charge in [0.25, 0.3) is 0 Å². The van der Waals surface area contributed by atoms with Crippen LogP contribution in [0.1, 0.15) is 76.5 Å². The number of Topliss-reactive ketones (excluding diaryl/α,β-unsaturated/α-hetero) is 2. The summed E-state index contributed by atoms with van der Waals surface area (Å²) in [6.45, 7) is 11.9. The van der Waals surface area contributed by atoms with Crippen molar-refractivity contribution in [2.24, 2.45) is 10.8 Å². The summed E-state index contributed by atoms with van der Waals surface area (Å²) in [6.07, 6.45) is 2.20. The Hall–Kier alpha value is 1.48. The molecule has 53 heavy (non-hydrogen) atoms. The molecular weight excluding hydrogens is 905 g/mol. The molecule has 2 amide bonds. The Morgan fingerprint density at radius 2 is 1.00 bits per heavy atom. The number of thiocarbonyl (C=S) groups is 2. The third-order valence-electron chi connectivity index (χ3n) is 9.84. The molecule has 4 fully saturated rings. The molecule has 8 atom stereocenters. The van der Waals surface area contributed by atoms with E-state index in [4.69, 9.17) is 24.4 Å². The molecule has 4 rings (SSSR count). The Labute approximate surface area is 396 Å². The maximum absolute atomic E-state index is 14.2. The van der Waals surface area contributed by atoms with Crippen LogP contribution in [0.5, 0.6) is 0 Å². The fourth-order valence-electron chi connectivity index (χ4n) is 7.14. The largest absolute Gasteiger partial charge is 0.367 e. The van der Waals surface area contributed by atoms with Gasteiger partial charge < -0.3 is 31.1 Å². The molecular formula is C31H70N6O4S12. The molecule has 0 bridgehead atoms. The van der Waals surface area contributed by atoms with E-state index in [0.29, 0.717) is 35.7 Å². The number of amides is 2. The third kappa shape index (κ3) is 14.3. The number of fused-ring (bicyclic) bond motifs is 2. The van der Waals surface area contributed by atoms with E-state index in [1.54, 1.807) is 33.3 Å². The molecule has 0 saturated carbocycles. The van der Waals surface area contributed by atoms with E-state index in [2.05, 4.69) is 21.3 Å². The predicted molar refractivity (Wildman–Crippen MR) is 278 cm³/mol. The minimum Gasteiger partial charge on any atom is -0.367 e. The van der Waals surface area contributed by atoms with Crippen LogP contribution in [0.25, 0.3) is 0 Å². The van der Waals surface area contributed by atoms with Crippen molar-refractivity contribution in [3.8, 4) is 0 Å². The van der Waals surface area contributed by atoms with Crippen LogP contribution >= 0.6 is 156 Å². The standard InChI is InChI=1S/C31H50N6O4S4.8H2S.2H2/c1-16(32-7)26(42)34-18-9-11-44-22-14-30(3,4)24(36(22)28(18)40)20(38)13-21(39)25-31(5,6)15-23-37(25)29(41)19(10-12-45-23)35-27(43)17(2)33-8;;;;;;;;;;/h16-19,22-25,32-33H,9-15H2,1-8H3,(H,34,42)(H,35,43);8*1H2;2*1H/t16-,17-,18-,19-,22-,23-,24+,25+;;;;;;;;;;/m0........../s1. The molecule has 4 aliphatic rings. The van der Waals surface area contributed by atoms with Crippen LogP contribution in [0.4, 0.5) is 0 Å². The zero-order valence-electron chi connectivity index (χ0n) is 31.7. The number of hydrogen-bond acceptors (Lipinski definition) is 10. The number of carbonyl (C=O) groups is 4. The van der Waals surface area contributed by atoms with Gasteiger partial charge in [-0.25, -0.2) is 0 Å². The van der Waals surface area contributed by atoms with Gasteiger partial charge in [-0.05, 0) is 76.0 Å². The molecule has 22 heteroatoms. The maximum Gasteiger partial charge on any atom is 0.246 e. The number of rotatable bonds is 10. The lowest BCUT2D eigenvalue weighted by Crippen LogP contribution is -2.57. The van der Waals surface area contributed by atoms with Crippen LogP contribution in [0.2, 0.25) is 0 Å². The first-order valence-corrected chi connectivity index (χ1v) is 18.8. The second kappa shape index (κ2) is 26.6. The van der Waals surface area contributed by atoms with E-state index in [0.717, 1.165) is 11.5 Å². The first-order chi connectivity index (χ1) is 21.0. The van der Waals surface area contributed by atoms with E-state index >= 15 is 0 Å². The highest BCUT2D eigenvalue weighted by atomic mass is 32.2. The van der Waals surface area contributed by atoms with Gasteiger partial charge in [0.2, 0.25) is 11.8 Å². The highest BCUT2D eigenvalue weighted by molar-refractivity contribution is 8.00. The fraction of sp³-hybridized carbons (Fsp3) is 0.806. The summed E-state index contributed by atoms with van der Waals surface area (Å²) in [5.74, 6) is 0.702. The lowest BCUT2D eigenvalue weighted by Gasteiger charge is -2.36. The van der Waals surface area contributed by atoms with Gasteiger partial charge in [-0.1, -0.05) is 52.1 Å². The summed E-state index contributed by atoms with van der Waals surface area (Å²) in [5.41, 5.74) is -1.02. The summed E-state index contributed by atoms with van der Waals surface area (Å²) in [7, 11) is 3.63. The number of likely N-dealkylation sites (N-methyl/N-ethyl adjacent to an activating group) is 2. The van der Waals surface area contributed by atoms with Gasteiger partial charge in [0.15, 0.2) is 11.6 Å². The molecule has 0 unspecified atom stereocenters. The summed E-state index contributed by atoms with van der Waals surface area (Å²) in [4.78, 5) is 61.1. The van der Waals surface area contributed by atoms with E-state index in [1.807, 2.05) is 55.6 Å². The van der Waals surface area contributed by atoms with Crippen molar-refractivity contribution in [2.45, 2.75) is 121 Å². The number of thioether (sulfide) groups is 2. The molecule has 4 N–H and O–H groups in total. The van der Waals surface area contributed by atoms with Gasteiger partial charge in [0.1, 0.15) is 12.1 Å². The van der Waals surface area contributed by atoms with E-state index in [1.165, 1.54) is 0 Å². The van der Waals surface area contributed by atoms with Gasteiger partial charge in [-0.3, -0.25) is 19.2 Å². The zero-order valence-corrected chi connectivity index (χ0v) is 43.0. The van der Waals surface area contributed by atoms with Crippen LogP contribution in [-0.4, -0.2) is 116 Å². The first-order valence-electron chi connectivity index (χ1n) is 15.9. The monoisotopic (exact) mass is 974 g/mol. The predicted octanol–water partition coefficient (Wildman–Crippen LogP) is 3.88. The van der Waals surface area contributed by atoms with Gasteiger partial charge in [0, 0.05) is 2.85 Å². The van der Waals surface area contributed by atoms with Crippen LogP contribution in [-0.2, 0) is 19.2 Å². The Kier molecular flexibility index (Phi) is 31.9. The van der Waals surface area contributed by atoms with E-state index < -0.39 is 35.0 Å². The Morgan fingerprint density at radius 3 is 1.28 bits per heavy atom. The Bertz CT molecular complexity index is 1160. The van der Waals surface area contributed by atoms with Gasteiger partial charge in [-0.15, -0.1) is 23.5 Å². The SMILES string of the molecule is CN[C@@H](C)C(=S)N[C@H]1CCS[C@H]2CC(C)(C)[C@@H](C(=O)CC(=O)[C@H]3N4C(=O)[C@@H](NC(=S)[C@H](C)NC)CCS[C@H]4CC3(C)C)N2C1=O.S.S.S.S.S.S.S.S.[HH].[HH]. The molecule has 0 aromatic carbocycles. The molecule has 4 aliphatic heterocycles. The minimum atomic E-state index is -0.742. The molecule has 4 saturated heterocycles. The lowest BCUT2D eigenvalue weighted by atomic mass is 9.78. The Balaban J connectivity index is -0.000000461. The summed E-state index contributed by atoms with van der Waals surface area (Å²) in [5, 5.41) is 12.4. The highest BCUT2D eigenvalue weighted by Crippen LogP contribution is 2.49. The Morgan fingerprint density at radius 1 is 0.698 bits per heavy atom. The summed E-state index contributed by atoms with van der Waals surface area (Å²) >= 11 is 14.5. The quantitative estimate of drug-likeness (QED) is 0.188. The number of hydrogen-bond donors (Lipinski definition) is 4. The number of ketones is 2. The van der Waals surface area contributed by atoms with E-state index in [9.17, 15) is 19.2 Å². The molecule has 10 nitrogen and oxygen atoms in total. The van der Waals surface area contributed by atoms with Crippen molar-refractivity contribution >= 4 is 189 Å². The fourth-order valence-corrected chi connectivity index (χ4v) is 10.8.